The van der Waals surface area contributed by atoms with Crippen LogP contribution in [0.1, 0.15) is 37.2 Å². The molecule has 0 amide bonds. The Morgan fingerprint density at radius 2 is 2.05 bits per heavy atom. The first-order chi connectivity index (χ1) is 10.1. The Balaban J connectivity index is 2.15. The SMILES string of the molecule is O=C1CCCC[C@@]12C(=O)Oc1ccccc1[C@H]2C[N+](=O)[O-]. The van der Waals surface area contributed by atoms with Crippen molar-refractivity contribution in [1.82, 2.24) is 0 Å². The van der Waals surface area contributed by atoms with Gasteiger partial charge in [0.2, 0.25) is 6.54 Å². The highest BCUT2D eigenvalue weighted by atomic mass is 16.6. The predicted molar refractivity (Wildman–Crippen MR) is 72.6 cm³/mol. The zero-order valence-electron chi connectivity index (χ0n) is 11.4. The molecule has 0 unspecified atom stereocenters. The van der Waals surface area contributed by atoms with E-state index in [1.165, 1.54) is 0 Å². The van der Waals surface area contributed by atoms with E-state index in [1.807, 2.05) is 0 Å². The minimum atomic E-state index is -1.38. The molecule has 0 bridgehead atoms. The molecule has 21 heavy (non-hydrogen) atoms. The molecule has 0 radical (unpaired) electrons. The van der Waals surface area contributed by atoms with Crippen molar-refractivity contribution in [2.45, 2.75) is 31.6 Å². The number of ketones is 1. The molecule has 6 nitrogen and oxygen atoms in total. The van der Waals surface area contributed by atoms with Gasteiger partial charge in [0, 0.05) is 16.9 Å². The van der Waals surface area contributed by atoms with Crippen molar-refractivity contribution >= 4 is 11.8 Å². The normalized spacial score (nSPS) is 28.1. The number of Topliss-reactive ketones (excluding diaryl/α,β-unsaturated/α-hetero) is 1. The molecule has 0 aromatic heterocycles. The van der Waals surface area contributed by atoms with Crippen LogP contribution in [-0.2, 0) is 9.59 Å². The number of carbonyl (C=O) groups excluding carboxylic acids is 2. The van der Waals surface area contributed by atoms with Crippen LogP contribution in [0.4, 0.5) is 0 Å². The minimum Gasteiger partial charge on any atom is -0.425 e. The number of ether oxygens (including phenoxy) is 1. The molecule has 1 aromatic carbocycles. The van der Waals surface area contributed by atoms with E-state index < -0.39 is 28.8 Å². The molecule has 1 aliphatic heterocycles. The van der Waals surface area contributed by atoms with Gasteiger partial charge in [0.1, 0.15) is 11.2 Å². The van der Waals surface area contributed by atoms with Crippen LogP contribution in [0.5, 0.6) is 5.75 Å². The number of fused-ring (bicyclic) bond motifs is 1. The Morgan fingerprint density at radius 3 is 2.76 bits per heavy atom. The van der Waals surface area contributed by atoms with Gasteiger partial charge in [-0.15, -0.1) is 0 Å². The van der Waals surface area contributed by atoms with Crippen molar-refractivity contribution in [3.63, 3.8) is 0 Å². The molecule has 1 fully saturated rings. The van der Waals surface area contributed by atoms with Gasteiger partial charge in [-0.1, -0.05) is 24.6 Å². The van der Waals surface area contributed by atoms with Crippen LogP contribution in [0.2, 0.25) is 0 Å². The van der Waals surface area contributed by atoms with Crippen LogP contribution in [0, 0.1) is 15.5 Å². The molecule has 0 saturated heterocycles. The fraction of sp³-hybridized carbons (Fsp3) is 0.467. The summed E-state index contributed by atoms with van der Waals surface area (Å²) < 4.78 is 5.33. The lowest BCUT2D eigenvalue weighted by atomic mass is 9.61. The number of esters is 1. The summed E-state index contributed by atoms with van der Waals surface area (Å²) in [4.78, 5) is 35.5. The number of rotatable bonds is 2. The third-order valence-electron chi connectivity index (χ3n) is 4.51. The molecule has 6 heteroatoms. The van der Waals surface area contributed by atoms with Gasteiger partial charge in [0.25, 0.3) is 0 Å². The van der Waals surface area contributed by atoms with E-state index in [2.05, 4.69) is 0 Å². The smallest absolute Gasteiger partial charge is 0.325 e. The van der Waals surface area contributed by atoms with Crippen molar-refractivity contribution in [3.05, 3.63) is 39.9 Å². The summed E-state index contributed by atoms with van der Waals surface area (Å²) in [6.45, 7) is -0.433. The quantitative estimate of drug-likeness (QED) is 0.273. The molecule has 0 N–H and O–H groups in total. The van der Waals surface area contributed by atoms with E-state index in [0.717, 1.165) is 6.42 Å². The molecule has 110 valence electrons. The van der Waals surface area contributed by atoms with Crippen LogP contribution >= 0.6 is 0 Å². The summed E-state index contributed by atoms with van der Waals surface area (Å²) in [7, 11) is 0. The highest BCUT2D eigenvalue weighted by Crippen LogP contribution is 2.51. The van der Waals surface area contributed by atoms with E-state index in [0.29, 0.717) is 24.2 Å². The summed E-state index contributed by atoms with van der Waals surface area (Å²) in [6, 6.07) is 6.77. The van der Waals surface area contributed by atoms with Crippen molar-refractivity contribution in [2.24, 2.45) is 5.41 Å². The van der Waals surface area contributed by atoms with Gasteiger partial charge in [-0.05, 0) is 18.9 Å². The van der Waals surface area contributed by atoms with Crippen molar-refractivity contribution in [1.29, 1.82) is 0 Å². The molecule has 1 heterocycles. The molecule has 2 aliphatic rings. The fourth-order valence-corrected chi connectivity index (χ4v) is 3.50. The fourth-order valence-electron chi connectivity index (χ4n) is 3.50. The lowest BCUT2D eigenvalue weighted by Gasteiger charge is -2.41. The monoisotopic (exact) mass is 289 g/mol. The average Bonchev–Trinajstić information content (AvgIpc) is 2.45. The summed E-state index contributed by atoms with van der Waals surface area (Å²) in [5.41, 5.74) is -0.788. The molecular formula is C15H15NO5. The maximum atomic E-state index is 12.5. The maximum absolute atomic E-state index is 12.5. The topological polar surface area (TPSA) is 86.5 Å². The Hall–Kier alpha value is -2.24. The number of hydrogen-bond donors (Lipinski definition) is 0. The number of hydrogen-bond acceptors (Lipinski definition) is 5. The molecule has 1 aromatic rings. The van der Waals surface area contributed by atoms with Crippen LogP contribution < -0.4 is 4.74 Å². The van der Waals surface area contributed by atoms with Crippen molar-refractivity contribution < 1.29 is 19.2 Å². The van der Waals surface area contributed by atoms with Gasteiger partial charge in [-0.3, -0.25) is 19.7 Å². The molecule has 2 atom stereocenters. The van der Waals surface area contributed by atoms with E-state index in [4.69, 9.17) is 4.74 Å². The Morgan fingerprint density at radius 1 is 1.29 bits per heavy atom. The highest BCUT2D eigenvalue weighted by molar-refractivity contribution is 6.07. The van der Waals surface area contributed by atoms with Crippen LogP contribution in [0.25, 0.3) is 0 Å². The first kappa shape index (κ1) is 13.7. The third kappa shape index (κ3) is 2.02. The minimum absolute atomic E-state index is 0.222. The number of carbonyl (C=O) groups is 2. The standard InChI is InChI=1S/C15H15NO5/c17-13-7-3-4-8-15(13)11(9-16(19)20)10-5-1-2-6-12(10)21-14(15)18/h1-2,5-6,11H,3-4,7-9H2/t11-,15+/m1/s1. The first-order valence-corrected chi connectivity index (χ1v) is 7.02. The molecule has 3 rings (SSSR count). The van der Waals surface area contributed by atoms with Gasteiger partial charge < -0.3 is 4.74 Å². The van der Waals surface area contributed by atoms with Gasteiger partial charge in [-0.2, -0.15) is 0 Å². The molecule has 1 aliphatic carbocycles. The van der Waals surface area contributed by atoms with Crippen LogP contribution in [0.3, 0.4) is 0 Å². The zero-order chi connectivity index (χ0) is 15.0. The lowest BCUT2D eigenvalue weighted by Crippen LogP contribution is -2.52. The molecular weight excluding hydrogens is 274 g/mol. The predicted octanol–water partition coefficient (Wildman–Crippen LogP) is 2.10. The molecule has 1 spiro atoms. The number of para-hydroxylation sites is 1. The van der Waals surface area contributed by atoms with Crippen LogP contribution in [-0.4, -0.2) is 23.2 Å². The van der Waals surface area contributed by atoms with Gasteiger partial charge in [-0.25, -0.2) is 0 Å². The Bertz CT molecular complexity index is 626. The third-order valence-corrected chi connectivity index (χ3v) is 4.51. The average molecular weight is 289 g/mol. The summed E-state index contributed by atoms with van der Waals surface area (Å²) in [5.74, 6) is -1.26. The molecule has 1 saturated carbocycles. The summed E-state index contributed by atoms with van der Waals surface area (Å²) in [6.07, 6.45) is 2.04. The van der Waals surface area contributed by atoms with Crippen molar-refractivity contribution in [3.8, 4) is 5.75 Å². The zero-order valence-corrected chi connectivity index (χ0v) is 11.4. The van der Waals surface area contributed by atoms with E-state index >= 15 is 0 Å². The second kappa shape index (κ2) is 4.95. The van der Waals surface area contributed by atoms with Crippen molar-refractivity contribution in [2.75, 3.05) is 6.54 Å². The second-order valence-electron chi connectivity index (χ2n) is 5.60. The summed E-state index contributed by atoms with van der Waals surface area (Å²) >= 11 is 0. The maximum Gasteiger partial charge on any atom is 0.325 e. The Labute approximate surface area is 121 Å². The van der Waals surface area contributed by atoms with E-state index in [9.17, 15) is 19.7 Å². The van der Waals surface area contributed by atoms with Gasteiger partial charge in [0.15, 0.2) is 5.78 Å². The van der Waals surface area contributed by atoms with Gasteiger partial charge >= 0.3 is 5.97 Å². The first-order valence-electron chi connectivity index (χ1n) is 7.02. The van der Waals surface area contributed by atoms with E-state index in [-0.39, 0.29) is 12.2 Å². The highest BCUT2D eigenvalue weighted by Gasteiger charge is 2.58. The number of benzene rings is 1. The van der Waals surface area contributed by atoms with Gasteiger partial charge in [0.05, 0.1) is 5.92 Å². The second-order valence-corrected chi connectivity index (χ2v) is 5.60. The number of nitro groups is 1. The largest absolute Gasteiger partial charge is 0.425 e. The Kier molecular flexibility index (Phi) is 3.23. The van der Waals surface area contributed by atoms with Crippen LogP contribution in [0.15, 0.2) is 24.3 Å². The number of nitrogens with zero attached hydrogens (tertiary/aromatic N) is 1. The van der Waals surface area contributed by atoms with E-state index in [1.54, 1.807) is 24.3 Å². The lowest BCUT2D eigenvalue weighted by molar-refractivity contribution is -0.485. The summed E-state index contributed by atoms with van der Waals surface area (Å²) in [5, 5.41) is 11.1.